The highest BCUT2D eigenvalue weighted by molar-refractivity contribution is 5.74. The van der Waals surface area contributed by atoms with Crippen LogP contribution in [0.4, 0.5) is 0 Å². The van der Waals surface area contributed by atoms with Crippen molar-refractivity contribution in [2.75, 3.05) is 0 Å². The van der Waals surface area contributed by atoms with Gasteiger partial charge in [0.2, 0.25) is 0 Å². The fraction of sp³-hybridized carbons (Fsp3) is 0.167. The zero-order valence-corrected chi connectivity index (χ0v) is 14.1. The second-order valence-electron chi connectivity index (χ2n) is 6.70. The van der Waals surface area contributed by atoms with Gasteiger partial charge in [0.1, 0.15) is 0 Å². The molecule has 3 atom stereocenters. The molecule has 0 aliphatic heterocycles. The maximum Gasteiger partial charge on any atom is 0.0733 e. The molecular weight excluding hydrogens is 304 g/mol. The Morgan fingerprint density at radius 1 is 0.640 bits per heavy atom. The van der Waals surface area contributed by atoms with Gasteiger partial charge in [-0.2, -0.15) is 0 Å². The molecule has 0 unspecified atom stereocenters. The van der Waals surface area contributed by atoms with Gasteiger partial charge in [0.25, 0.3) is 0 Å². The van der Waals surface area contributed by atoms with E-state index in [-0.39, 0.29) is 11.8 Å². The lowest BCUT2D eigenvalue weighted by Crippen LogP contribution is -2.24. The average molecular weight is 326 g/mol. The number of hydrogen-bond acceptors (Lipinski definition) is 1. The van der Waals surface area contributed by atoms with Gasteiger partial charge in [-0.15, -0.1) is 0 Å². The molecule has 0 amide bonds. The Morgan fingerprint density at radius 3 is 1.76 bits per heavy atom. The molecule has 0 spiro atoms. The summed E-state index contributed by atoms with van der Waals surface area (Å²) in [5.74, 6) is 0.508. The average Bonchev–Trinajstić information content (AvgIpc) is 2.69. The van der Waals surface area contributed by atoms with Gasteiger partial charge in [-0.1, -0.05) is 97.1 Å². The smallest absolute Gasteiger partial charge is 0.0733 e. The third-order valence-corrected chi connectivity index (χ3v) is 5.10. The second kappa shape index (κ2) is 7.08. The van der Waals surface area contributed by atoms with E-state index >= 15 is 0 Å². The summed E-state index contributed by atoms with van der Waals surface area (Å²) in [6.45, 7) is 0. The minimum absolute atomic E-state index is 0.245. The molecule has 1 heteroatoms. The summed E-state index contributed by atoms with van der Waals surface area (Å²) < 4.78 is 0. The lowest BCUT2D eigenvalue weighted by atomic mass is 9.69. The summed E-state index contributed by atoms with van der Waals surface area (Å²) in [4.78, 5) is 0. The van der Waals surface area contributed by atoms with Crippen molar-refractivity contribution in [3.05, 3.63) is 114 Å². The van der Waals surface area contributed by atoms with Crippen molar-refractivity contribution in [3.8, 4) is 0 Å². The van der Waals surface area contributed by atoms with Crippen molar-refractivity contribution in [3.63, 3.8) is 0 Å². The molecule has 4 rings (SSSR count). The molecule has 124 valence electrons. The van der Waals surface area contributed by atoms with Crippen LogP contribution < -0.4 is 0 Å². The summed E-state index contributed by atoms with van der Waals surface area (Å²) >= 11 is 0. The lowest BCUT2D eigenvalue weighted by Gasteiger charge is -2.36. The maximum absolute atomic E-state index is 10.6. The van der Waals surface area contributed by atoms with E-state index in [1.165, 1.54) is 22.3 Å². The fourth-order valence-corrected chi connectivity index (χ4v) is 4.00. The molecule has 3 aromatic rings. The molecule has 1 aliphatic carbocycles. The Balaban J connectivity index is 1.86. The van der Waals surface area contributed by atoms with Gasteiger partial charge in [-0.25, -0.2) is 0 Å². The summed E-state index contributed by atoms with van der Waals surface area (Å²) in [6, 6.07) is 31.7. The first-order valence-electron chi connectivity index (χ1n) is 8.88. The predicted octanol–water partition coefficient (Wildman–Crippen LogP) is 5.40. The van der Waals surface area contributed by atoms with Crippen LogP contribution in [0, 0.1) is 0 Å². The highest BCUT2D eigenvalue weighted by Gasteiger charge is 2.34. The topological polar surface area (TPSA) is 20.2 Å². The van der Waals surface area contributed by atoms with Gasteiger partial charge >= 0.3 is 0 Å². The largest absolute Gasteiger partial charge is 0.389 e. The van der Waals surface area contributed by atoms with Gasteiger partial charge in [0, 0.05) is 5.92 Å². The van der Waals surface area contributed by atoms with Crippen LogP contribution in [0.3, 0.4) is 0 Å². The highest BCUT2D eigenvalue weighted by Crippen LogP contribution is 2.48. The lowest BCUT2D eigenvalue weighted by molar-refractivity contribution is 0.193. The fourth-order valence-electron chi connectivity index (χ4n) is 4.00. The van der Waals surface area contributed by atoms with E-state index in [0.717, 1.165) is 6.42 Å². The summed E-state index contributed by atoms with van der Waals surface area (Å²) in [7, 11) is 0. The quantitative estimate of drug-likeness (QED) is 0.683. The molecule has 25 heavy (non-hydrogen) atoms. The van der Waals surface area contributed by atoms with Crippen molar-refractivity contribution in [2.45, 2.75) is 24.4 Å². The van der Waals surface area contributed by atoms with Crippen LogP contribution in [0.25, 0.3) is 5.57 Å². The Kier molecular flexibility index (Phi) is 4.49. The molecule has 1 N–H and O–H groups in total. The Labute approximate surface area is 149 Å². The van der Waals surface area contributed by atoms with E-state index in [2.05, 4.69) is 78.9 Å². The van der Waals surface area contributed by atoms with E-state index < -0.39 is 6.10 Å². The highest BCUT2D eigenvalue weighted by atomic mass is 16.3. The number of allylic oxidation sites excluding steroid dienone is 1. The zero-order valence-electron chi connectivity index (χ0n) is 14.1. The summed E-state index contributed by atoms with van der Waals surface area (Å²) in [5.41, 5.74) is 5.01. The van der Waals surface area contributed by atoms with Crippen molar-refractivity contribution < 1.29 is 5.11 Å². The minimum Gasteiger partial charge on any atom is -0.389 e. The van der Waals surface area contributed by atoms with Gasteiger partial charge < -0.3 is 5.11 Å². The molecule has 0 radical (unpaired) electrons. The first-order valence-corrected chi connectivity index (χ1v) is 8.88. The first kappa shape index (κ1) is 15.9. The van der Waals surface area contributed by atoms with Gasteiger partial charge in [0.15, 0.2) is 0 Å². The Hall–Kier alpha value is -2.64. The maximum atomic E-state index is 10.6. The van der Waals surface area contributed by atoms with Crippen LogP contribution in [-0.2, 0) is 0 Å². The van der Waals surface area contributed by atoms with Crippen molar-refractivity contribution in [1.29, 1.82) is 0 Å². The Morgan fingerprint density at radius 2 is 1.16 bits per heavy atom. The molecule has 0 saturated heterocycles. The van der Waals surface area contributed by atoms with E-state index in [1.807, 2.05) is 18.2 Å². The SMILES string of the molecule is O[C@@H]1C=C(c2ccccc2)[C@H](c2ccccc2)[C@H](c2ccccc2)C1. The van der Waals surface area contributed by atoms with Crippen LogP contribution in [-0.4, -0.2) is 11.2 Å². The molecule has 3 aromatic carbocycles. The van der Waals surface area contributed by atoms with Gasteiger partial charge in [-0.3, -0.25) is 0 Å². The molecule has 0 saturated carbocycles. The predicted molar refractivity (Wildman–Crippen MR) is 103 cm³/mol. The normalized spacial score (nSPS) is 23.1. The van der Waals surface area contributed by atoms with Gasteiger partial charge in [0.05, 0.1) is 6.10 Å². The van der Waals surface area contributed by atoms with Crippen LogP contribution in [0.5, 0.6) is 0 Å². The first-order chi connectivity index (χ1) is 12.3. The van der Waals surface area contributed by atoms with Crippen LogP contribution in [0.2, 0.25) is 0 Å². The molecule has 1 aliphatic rings. The monoisotopic (exact) mass is 326 g/mol. The van der Waals surface area contributed by atoms with Gasteiger partial charge in [-0.05, 0) is 34.6 Å². The second-order valence-corrected chi connectivity index (χ2v) is 6.70. The van der Waals surface area contributed by atoms with E-state index in [9.17, 15) is 5.11 Å². The third-order valence-electron chi connectivity index (χ3n) is 5.10. The molecule has 0 fully saturated rings. The summed E-state index contributed by atoms with van der Waals surface area (Å²) in [6.07, 6.45) is 2.38. The minimum atomic E-state index is -0.416. The summed E-state index contributed by atoms with van der Waals surface area (Å²) in [5, 5.41) is 10.6. The zero-order chi connectivity index (χ0) is 17.1. The number of aliphatic hydroxyl groups excluding tert-OH is 1. The van der Waals surface area contributed by atoms with Crippen molar-refractivity contribution in [1.82, 2.24) is 0 Å². The van der Waals surface area contributed by atoms with E-state index in [4.69, 9.17) is 0 Å². The molecule has 1 nitrogen and oxygen atoms in total. The number of aliphatic hydroxyl groups is 1. The van der Waals surface area contributed by atoms with Crippen molar-refractivity contribution >= 4 is 5.57 Å². The Bertz CT molecular complexity index is 837. The van der Waals surface area contributed by atoms with Crippen LogP contribution in [0.1, 0.15) is 34.9 Å². The number of rotatable bonds is 3. The molecular formula is C24H22O. The number of benzene rings is 3. The third kappa shape index (κ3) is 3.29. The van der Waals surface area contributed by atoms with Crippen LogP contribution >= 0.6 is 0 Å². The molecule has 0 heterocycles. The van der Waals surface area contributed by atoms with E-state index in [1.54, 1.807) is 0 Å². The van der Waals surface area contributed by atoms with Crippen LogP contribution in [0.15, 0.2) is 97.1 Å². The number of hydrogen-bond donors (Lipinski definition) is 1. The standard InChI is InChI=1S/C24H22O/c25-21-16-22(18-10-4-1-5-11-18)24(20-14-8-3-9-15-20)23(17-21)19-12-6-2-7-13-19/h1-16,21,23-25H,17H2/t21-,23+,24+/m1/s1. The molecule has 0 aromatic heterocycles. The molecule has 0 bridgehead atoms. The van der Waals surface area contributed by atoms with Crippen molar-refractivity contribution in [2.24, 2.45) is 0 Å². The van der Waals surface area contributed by atoms with E-state index in [0.29, 0.717) is 0 Å².